The van der Waals surface area contributed by atoms with Crippen molar-refractivity contribution < 1.29 is 9.21 Å². The smallest absolute Gasteiger partial charge is 0.291 e. The Bertz CT molecular complexity index is 845. The van der Waals surface area contributed by atoms with Gasteiger partial charge in [-0.05, 0) is 39.3 Å². The molecule has 0 saturated carbocycles. The Kier molecular flexibility index (Phi) is 6.03. The SMILES string of the molecule is CCc1ccc(C(C)N[C@@H]2CCN(c3nc(C(=O)N(C)C)nc(C)c3C)C2)o1. The summed E-state index contributed by atoms with van der Waals surface area (Å²) < 4.78 is 5.88. The molecule has 1 N–H and O–H groups in total. The molecule has 1 unspecified atom stereocenters. The fourth-order valence-corrected chi connectivity index (χ4v) is 3.56. The van der Waals surface area contributed by atoms with E-state index in [0.29, 0.717) is 6.04 Å². The molecule has 0 radical (unpaired) electrons. The van der Waals surface area contributed by atoms with Crippen LogP contribution in [0.3, 0.4) is 0 Å². The summed E-state index contributed by atoms with van der Waals surface area (Å²) in [4.78, 5) is 25.1. The number of nitrogens with zero attached hydrogens (tertiary/aromatic N) is 4. The maximum absolute atomic E-state index is 12.3. The van der Waals surface area contributed by atoms with Crippen molar-refractivity contribution in [3.8, 4) is 0 Å². The Balaban J connectivity index is 1.71. The van der Waals surface area contributed by atoms with Crippen LogP contribution >= 0.6 is 0 Å². The molecule has 152 valence electrons. The number of aryl methyl sites for hydroxylation is 2. The molecule has 1 saturated heterocycles. The number of carbonyl (C=O) groups is 1. The number of hydrogen-bond donors (Lipinski definition) is 1. The van der Waals surface area contributed by atoms with Gasteiger partial charge in [0.1, 0.15) is 17.3 Å². The van der Waals surface area contributed by atoms with E-state index in [0.717, 1.165) is 54.5 Å². The molecule has 0 bridgehead atoms. The molecule has 2 aromatic heterocycles. The molecule has 0 spiro atoms. The lowest BCUT2D eigenvalue weighted by molar-refractivity contribution is 0.0815. The topological polar surface area (TPSA) is 74.5 Å². The number of carbonyl (C=O) groups excluding carboxylic acids is 1. The molecular weight excluding hydrogens is 354 g/mol. The van der Waals surface area contributed by atoms with Crippen molar-refractivity contribution in [1.82, 2.24) is 20.2 Å². The lowest BCUT2D eigenvalue weighted by atomic mass is 10.2. The lowest BCUT2D eigenvalue weighted by Gasteiger charge is -2.23. The first-order valence-corrected chi connectivity index (χ1v) is 9.96. The van der Waals surface area contributed by atoms with E-state index in [2.05, 4.69) is 40.1 Å². The van der Waals surface area contributed by atoms with Gasteiger partial charge in [-0.3, -0.25) is 4.79 Å². The van der Waals surface area contributed by atoms with E-state index in [4.69, 9.17) is 4.42 Å². The molecular formula is C21H31N5O2. The van der Waals surface area contributed by atoms with E-state index in [-0.39, 0.29) is 17.8 Å². The first kappa shape index (κ1) is 20.3. The van der Waals surface area contributed by atoms with Crippen LogP contribution in [0.25, 0.3) is 0 Å². The number of nitrogens with one attached hydrogen (secondary N) is 1. The minimum Gasteiger partial charge on any atom is -0.464 e. The Morgan fingerprint density at radius 3 is 2.75 bits per heavy atom. The van der Waals surface area contributed by atoms with Gasteiger partial charge in [0.05, 0.1) is 6.04 Å². The van der Waals surface area contributed by atoms with E-state index in [9.17, 15) is 4.79 Å². The van der Waals surface area contributed by atoms with Gasteiger partial charge in [0.2, 0.25) is 5.82 Å². The predicted octanol–water partition coefficient (Wildman–Crippen LogP) is 2.88. The lowest BCUT2D eigenvalue weighted by Crippen LogP contribution is -2.35. The molecule has 1 aliphatic heterocycles. The van der Waals surface area contributed by atoms with Gasteiger partial charge in [-0.25, -0.2) is 9.97 Å². The highest BCUT2D eigenvalue weighted by Gasteiger charge is 2.28. The van der Waals surface area contributed by atoms with Crippen molar-refractivity contribution in [3.05, 3.63) is 40.7 Å². The van der Waals surface area contributed by atoms with Crippen LogP contribution < -0.4 is 10.2 Å². The summed E-state index contributed by atoms with van der Waals surface area (Å²) in [5.41, 5.74) is 1.88. The van der Waals surface area contributed by atoms with Gasteiger partial charge in [0, 0.05) is 50.9 Å². The molecule has 1 fully saturated rings. The third kappa shape index (κ3) is 4.19. The summed E-state index contributed by atoms with van der Waals surface area (Å²) in [6.45, 7) is 9.93. The summed E-state index contributed by atoms with van der Waals surface area (Å²) in [6, 6.07) is 4.60. The molecule has 28 heavy (non-hydrogen) atoms. The van der Waals surface area contributed by atoms with Crippen LogP contribution in [0.5, 0.6) is 0 Å². The first-order valence-electron chi connectivity index (χ1n) is 9.96. The van der Waals surface area contributed by atoms with Crippen molar-refractivity contribution in [2.75, 3.05) is 32.1 Å². The zero-order valence-electron chi connectivity index (χ0n) is 17.7. The Hall–Kier alpha value is -2.41. The van der Waals surface area contributed by atoms with Crippen LogP contribution in [0.2, 0.25) is 0 Å². The average Bonchev–Trinajstić information content (AvgIpc) is 3.32. The van der Waals surface area contributed by atoms with Crippen LogP contribution in [-0.4, -0.2) is 54.0 Å². The van der Waals surface area contributed by atoms with E-state index >= 15 is 0 Å². The molecule has 2 aromatic rings. The summed E-state index contributed by atoms with van der Waals surface area (Å²) >= 11 is 0. The Morgan fingerprint density at radius 2 is 2.11 bits per heavy atom. The molecule has 7 nitrogen and oxygen atoms in total. The number of anilines is 1. The standard InChI is InChI=1S/C21H31N5O2/c1-7-17-8-9-18(28-17)15(4)22-16-10-11-26(12-16)20-13(2)14(3)23-19(24-20)21(27)25(5)6/h8-9,15-16,22H,7,10-12H2,1-6H3/t15?,16-/m1/s1. The van der Waals surface area contributed by atoms with Gasteiger partial charge in [-0.15, -0.1) is 0 Å². The maximum Gasteiger partial charge on any atom is 0.291 e. The van der Waals surface area contributed by atoms with Gasteiger partial charge in [0.25, 0.3) is 5.91 Å². The zero-order valence-corrected chi connectivity index (χ0v) is 17.7. The third-order valence-electron chi connectivity index (χ3n) is 5.39. The van der Waals surface area contributed by atoms with E-state index in [1.807, 2.05) is 19.9 Å². The number of furan rings is 1. The van der Waals surface area contributed by atoms with E-state index in [1.165, 1.54) is 4.90 Å². The highest BCUT2D eigenvalue weighted by atomic mass is 16.3. The van der Waals surface area contributed by atoms with Crippen LogP contribution in [0.4, 0.5) is 5.82 Å². The second kappa shape index (κ2) is 8.31. The molecule has 1 amide bonds. The van der Waals surface area contributed by atoms with Crippen molar-refractivity contribution in [2.24, 2.45) is 0 Å². The van der Waals surface area contributed by atoms with Gasteiger partial charge in [-0.1, -0.05) is 6.92 Å². The summed E-state index contributed by atoms with van der Waals surface area (Å²) in [5, 5.41) is 3.67. The molecule has 1 aliphatic rings. The normalized spacial score (nSPS) is 17.8. The number of rotatable bonds is 6. The molecule has 3 rings (SSSR count). The van der Waals surface area contributed by atoms with Crippen LogP contribution in [0.15, 0.2) is 16.5 Å². The van der Waals surface area contributed by atoms with Crippen LogP contribution in [-0.2, 0) is 6.42 Å². The molecule has 7 heteroatoms. The monoisotopic (exact) mass is 385 g/mol. The molecule has 0 aromatic carbocycles. The third-order valence-corrected chi connectivity index (χ3v) is 5.39. The number of amides is 1. The molecule has 3 heterocycles. The fourth-order valence-electron chi connectivity index (χ4n) is 3.56. The summed E-state index contributed by atoms with van der Waals surface area (Å²) in [5.74, 6) is 2.94. The second-order valence-corrected chi connectivity index (χ2v) is 7.76. The first-order chi connectivity index (χ1) is 13.3. The minimum absolute atomic E-state index is 0.157. The van der Waals surface area contributed by atoms with Gasteiger partial charge in [0.15, 0.2) is 0 Å². The zero-order chi connectivity index (χ0) is 20.4. The quantitative estimate of drug-likeness (QED) is 0.824. The Labute approximate surface area is 167 Å². The van der Waals surface area contributed by atoms with Gasteiger partial charge >= 0.3 is 0 Å². The number of hydrogen-bond acceptors (Lipinski definition) is 6. The Morgan fingerprint density at radius 1 is 1.36 bits per heavy atom. The average molecular weight is 386 g/mol. The highest BCUT2D eigenvalue weighted by Crippen LogP contribution is 2.26. The maximum atomic E-state index is 12.3. The van der Waals surface area contributed by atoms with Gasteiger partial charge < -0.3 is 19.5 Å². The van der Waals surface area contributed by atoms with E-state index < -0.39 is 0 Å². The van der Waals surface area contributed by atoms with E-state index in [1.54, 1.807) is 14.1 Å². The molecule has 0 aliphatic carbocycles. The van der Waals surface area contributed by atoms with Crippen molar-refractivity contribution in [3.63, 3.8) is 0 Å². The van der Waals surface area contributed by atoms with Gasteiger partial charge in [-0.2, -0.15) is 0 Å². The largest absolute Gasteiger partial charge is 0.464 e. The van der Waals surface area contributed by atoms with Crippen molar-refractivity contribution in [1.29, 1.82) is 0 Å². The number of aromatic nitrogens is 2. The molecule has 2 atom stereocenters. The minimum atomic E-state index is -0.170. The highest BCUT2D eigenvalue weighted by molar-refractivity contribution is 5.90. The second-order valence-electron chi connectivity index (χ2n) is 7.76. The summed E-state index contributed by atoms with van der Waals surface area (Å²) in [6.07, 6.45) is 1.93. The predicted molar refractivity (Wildman–Crippen MR) is 110 cm³/mol. The van der Waals surface area contributed by atoms with Crippen molar-refractivity contribution >= 4 is 11.7 Å². The fraction of sp³-hybridized carbons (Fsp3) is 0.571. The van der Waals surface area contributed by atoms with Crippen LogP contribution in [0, 0.1) is 13.8 Å². The summed E-state index contributed by atoms with van der Waals surface area (Å²) in [7, 11) is 3.44. The van der Waals surface area contributed by atoms with Crippen molar-refractivity contribution in [2.45, 2.75) is 52.6 Å². The van der Waals surface area contributed by atoms with Crippen LogP contribution in [0.1, 0.15) is 59.7 Å².